The highest BCUT2D eigenvalue weighted by atomic mass is 32.1. The van der Waals surface area contributed by atoms with Crippen LogP contribution in [0.3, 0.4) is 0 Å². The largest absolute Gasteiger partial charge is 0.389 e. The van der Waals surface area contributed by atoms with Crippen molar-refractivity contribution >= 4 is 23.0 Å². The second kappa shape index (κ2) is 5.24. The van der Waals surface area contributed by atoms with Gasteiger partial charge in [-0.1, -0.05) is 12.2 Å². The number of anilines is 1. The summed E-state index contributed by atoms with van der Waals surface area (Å²) in [4.78, 5) is 0.384. The standard InChI is InChI=1S/C12H20N4OS/c1-7-10(11(13)18)12(16(2)15-7)14-8-5-4-6-9(8)17-3/h8-9,14H,4-6H2,1-3H3,(H2,13,18). The maximum atomic E-state index is 5.78. The van der Waals surface area contributed by atoms with E-state index in [1.807, 2.05) is 14.0 Å². The highest BCUT2D eigenvalue weighted by Gasteiger charge is 2.29. The normalized spacial score (nSPS) is 23.3. The smallest absolute Gasteiger partial charge is 0.134 e. The summed E-state index contributed by atoms with van der Waals surface area (Å²) >= 11 is 5.10. The zero-order valence-electron chi connectivity index (χ0n) is 11.1. The van der Waals surface area contributed by atoms with Crippen LogP contribution in [0.5, 0.6) is 0 Å². The molecule has 0 amide bonds. The van der Waals surface area contributed by atoms with Crippen LogP contribution < -0.4 is 11.1 Å². The Morgan fingerprint density at radius 3 is 2.89 bits per heavy atom. The number of aromatic nitrogens is 2. The maximum absolute atomic E-state index is 5.78. The van der Waals surface area contributed by atoms with Gasteiger partial charge in [0.05, 0.1) is 23.4 Å². The first-order valence-electron chi connectivity index (χ1n) is 6.17. The monoisotopic (exact) mass is 268 g/mol. The van der Waals surface area contributed by atoms with E-state index in [0.717, 1.165) is 29.9 Å². The van der Waals surface area contributed by atoms with E-state index in [2.05, 4.69) is 10.4 Å². The van der Waals surface area contributed by atoms with Crippen molar-refractivity contribution in [2.24, 2.45) is 12.8 Å². The van der Waals surface area contributed by atoms with Crippen LogP contribution in [0.1, 0.15) is 30.5 Å². The van der Waals surface area contributed by atoms with Crippen LogP contribution in [0, 0.1) is 6.92 Å². The fourth-order valence-electron chi connectivity index (χ4n) is 2.67. The molecule has 0 aromatic carbocycles. The quantitative estimate of drug-likeness (QED) is 0.807. The van der Waals surface area contributed by atoms with Gasteiger partial charge in [-0.2, -0.15) is 5.10 Å². The molecule has 2 rings (SSSR count). The van der Waals surface area contributed by atoms with Crippen LogP contribution >= 0.6 is 12.2 Å². The number of nitrogens with zero attached hydrogens (tertiary/aromatic N) is 2. The van der Waals surface area contributed by atoms with Gasteiger partial charge in [0.1, 0.15) is 10.8 Å². The predicted octanol–water partition coefficient (Wildman–Crippen LogP) is 1.34. The highest BCUT2D eigenvalue weighted by molar-refractivity contribution is 7.80. The fraction of sp³-hybridized carbons (Fsp3) is 0.667. The van der Waals surface area contributed by atoms with Gasteiger partial charge in [0.15, 0.2) is 0 Å². The van der Waals surface area contributed by atoms with E-state index in [-0.39, 0.29) is 6.10 Å². The molecule has 1 aromatic rings. The van der Waals surface area contributed by atoms with Crippen LogP contribution in [0.15, 0.2) is 0 Å². The van der Waals surface area contributed by atoms with Gasteiger partial charge in [-0.05, 0) is 26.2 Å². The Kier molecular flexibility index (Phi) is 3.87. The second-order valence-electron chi connectivity index (χ2n) is 4.75. The Balaban J connectivity index is 2.26. The molecule has 100 valence electrons. The van der Waals surface area contributed by atoms with Crippen LogP contribution in [0.2, 0.25) is 0 Å². The third-order valence-electron chi connectivity index (χ3n) is 3.55. The van der Waals surface area contributed by atoms with Gasteiger partial charge in [-0.25, -0.2) is 0 Å². The Morgan fingerprint density at radius 1 is 1.56 bits per heavy atom. The van der Waals surface area contributed by atoms with Crippen LogP contribution in [0.25, 0.3) is 0 Å². The van der Waals surface area contributed by atoms with Crippen molar-refractivity contribution in [1.29, 1.82) is 0 Å². The molecule has 0 saturated heterocycles. The molecule has 1 fully saturated rings. The number of methoxy groups -OCH3 is 1. The zero-order valence-corrected chi connectivity index (χ0v) is 11.9. The summed E-state index contributed by atoms with van der Waals surface area (Å²) in [5, 5.41) is 7.86. The number of aryl methyl sites for hydroxylation is 2. The van der Waals surface area contributed by atoms with E-state index >= 15 is 0 Å². The molecule has 0 radical (unpaired) electrons. The molecule has 5 nitrogen and oxygen atoms in total. The Labute approximate surface area is 113 Å². The lowest BCUT2D eigenvalue weighted by Gasteiger charge is -2.21. The zero-order chi connectivity index (χ0) is 13.3. The lowest BCUT2D eigenvalue weighted by atomic mass is 10.2. The number of hydrogen-bond donors (Lipinski definition) is 2. The lowest BCUT2D eigenvalue weighted by Crippen LogP contribution is -2.31. The number of hydrogen-bond acceptors (Lipinski definition) is 4. The summed E-state index contributed by atoms with van der Waals surface area (Å²) in [6.07, 6.45) is 3.61. The third kappa shape index (κ3) is 2.35. The van der Waals surface area contributed by atoms with E-state index in [9.17, 15) is 0 Å². The minimum atomic E-state index is 0.249. The Morgan fingerprint density at radius 2 is 2.28 bits per heavy atom. The number of ether oxygens (including phenoxy) is 1. The third-order valence-corrected chi connectivity index (χ3v) is 3.75. The van der Waals surface area contributed by atoms with Gasteiger partial charge >= 0.3 is 0 Å². The maximum Gasteiger partial charge on any atom is 0.134 e. The molecule has 0 bridgehead atoms. The van der Waals surface area contributed by atoms with Gasteiger partial charge in [0.25, 0.3) is 0 Å². The molecule has 0 aliphatic heterocycles. The molecule has 1 saturated carbocycles. The van der Waals surface area contributed by atoms with E-state index in [0.29, 0.717) is 11.0 Å². The van der Waals surface area contributed by atoms with E-state index in [1.165, 1.54) is 6.42 Å². The molecule has 6 heteroatoms. The first-order valence-corrected chi connectivity index (χ1v) is 6.58. The fourth-order valence-corrected chi connectivity index (χ4v) is 2.91. The summed E-state index contributed by atoms with van der Waals surface area (Å²) < 4.78 is 7.29. The van der Waals surface area contributed by atoms with E-state index in [4.69, 9.17) is 22.7 Å². The predicted molar refractivity (Wildman–Crippen MR) is 75.9 cm³/mol. The first-order chi connectivity index (χ1) is 8.54. The minimum absolute atomic E-state index is 0.249. The Bertz CT molecular complexity index is 457. The number of nitrogens with two attached hydrogens (primary N) is 1. The summed E-state index contributed by atoms with van der Waals surface area (Å²) in [7, 11) is 3.65. The van der Waals surface area contributed by atoms with Crippen molar-refractivity contribution in [1.82, 2.24) is 9.78 Å². The SMILES string of the molecule is COC1CCCC1Nc1c(C(N)=S)c(C)nn1C. The summed E-state index contributed by atoms with van der Waals surface area (Å²) in [6, 6.07) is 0.304. The van der Waals surface area contributed by atoms with Crippen molar-refractivity contribution in [2.75, 3.05) is 12.4 Å². The molecule has 1 heterocycles. The molecule has 1 aromatic heterocycles. The first kappa shape index (κ1) is 13.3. The van der Waals surface area contributed by atoms with Crippen molar-refractivity contribution in [2.45, 2.75) is 38.3 Å². The van der Waals surface area contributed by atoms with Crippen LogP contribution in [0.4, 0.5) is 5.82 Å². The minimum Gasteiger partial charge on any atom is -0.389 e. The molecular weight excluding hydrogens is 248 g/mol. The van der Waals surface area contributed by atoms with E-state index in [1.54, 1.807) is 11.8 Å². The number of thiocarbonyl (C=S) groups is 1. The topological polar surface area (TPSA) is 65.1 Å². The number of nitrogens with one attached hydrogen (secondary N) is 1. The average Bonchev–Trinajstić information content (AvgIpc) is 2.84. The highest BCUT2D eigenvalue weighted by Crippen LogP contribution is 2.27. The van der Waals surface area contributed by atoms with Crippen molar-refractivity contribution < 1.29 is 4.74 Å². The van der Waals surface area contributed by atoms with Crippen molar-refractivity contribution in [3.63, 3.8) is 0 Å². The van der Waals surface area contributed by atoms with Crippen molar-refractivity contribution in [3.8, 4) is 0 Å². The molecule has 1 aliphatic rings. The molecule has 18 heavy (non-hydrogen) atoms. The Hall–Kier alpha value is -1.14. The summed E-state index contributed by atoms with van der Waals surface area (Å²) in [5.41, 5.74) is 7.48. The van der Waals surface area contributed by atoms with Gasteiger partial charge in [0, 0.05) is 14.2 Å². The molecular formula is C12H20N4OS. The van der Waals surface area contributed by atoms with Gasteiger partial charge in [0.2, 0.25) is 0 Å². The molecule has 2 atom stereocenters. The van der Waals surface area contributed by atoms with Gasteiger partial charge < -0.3 is 15.8 Å². The lowest BCUT2D eigenvalue weighted by molar-refractivity contribution is 0.101. The summed E-state index contributed by atoms with van der Waals surface area (Å²) in [6.45, 7) is 1.92. The summed E-state index contributed by atoms with van der Waals surface area (Å²) in [5.74, 6) is 0.897. The van der Waals surface area contributed by atoms with Crippen LogP contribution in [-0.4, -0.2) is 34.0 Å². The second-order valence-corrected chi connectivity index (χ2v) is 5.19. The van der Waals surface area contributed by atoms with Crippen LogP contribution in [-0.2, 0) is 11.8 Å². The molecule has 2 unspecified atom stereocenters. The van der Waals surface area contributed by atoms with Crippen molar-refractivity contribution in [3.05, 3.63) is 11.3 Å². The van der Waals surface area contributed by atoms with Gasteiger partial charge in [-0.15, -0.1) is 0 Å². The molecule has 1 aliphatic carbocycles. The van der Waals surface area contributed by atoms with E-state index < -0.39 is 0 Å². The molecule has 3 N–H and O–H groups in total. The average molecular weight is 268 g/mol. The molecule has 0 spiro atoms. The number of rotatable bonds is 4. The van der Waals surface area contributed by atoms with Gasteiger partial charge in [-0.3, -0.25) is 4.68 Å².